The molecule has 0 bridgehead atoms. The molecule has 1 amide bonds. The van der Waals surface area contributed by atoms with Gasteiger partial charge in [-0.25, -0.2) is 4.98 Å². The van der Waals surface area contributed by atoms with Gasteiger partial charge < -0.3 is 19.4 Å². The first-order valence-electron chi connectivity index (χ1n) is 10.1. The number of nitrogens with one attached hydrogen (secondary N) is 1. The number of benzene rings is 2. The predicted octanol–water partition coefficient (Wildman–Crippen LogP) is 5.12. The Morgan fingerprint density at radius 3 is 2.90 bits per heavy atom. The zero-order chi connectivity index (χ0) is 21.6. The Hall–Kier alpha value is -2.48. The maximum atomic E-state index is 12.6. The van der Waals surface area contributed by atoms with Crippen LogP contribution in [0.3, 0.4) is 0 Å². The van der Waals surface area contributed by atoms with Crippen LogP contribution in [-0.4, -0.2) is 41.0 Å². The van der Waals surface area contributed by atoms with E-state index in [1.54, 1.807) is 25.3 Å². The molecule has 6 nitrogen and oxygen atoms in total. The van der Waals surface area contributed by atoms with Crippen LogP contribution >= 0.6 is 23.4 Å². The van der Waals surface area contributed by atoms with Crippen LogP contribution < -0.4 is 10.1 Å². The summed E-state index contributed by atoms with van der Waals surface area (Å²) in [6.07, 6.45) is 4.14. The summed E-state index contributed by atoms with van der Waals surface area (Å²) in [6.45, 7) is 1.52. The molecule has 4 rings (SSSR count). The summed E-state index contributed by atoms with van der Waals surface area (Å²) in [7, 11) is 1.56. The normalized spacial score (nSPS) is 15.7. The van der Waals surface area contributed by atoms with Gasteiger partial charge in [0.25, 0.3) is 0 Å². The first kappa shape index (κ1) is 21.7. The minimum Gasteiger partial charge on any atom is -0.495 e. The molecule has 0 spiro atoms. The summed E-state index contributed by atoms with van der Waals surface area (Å²) in [5.41, 5.74) is 2.66. The van der Waals surface area contributed by atoms with Crippen molar-refractivity contribution in [2.75, 3.05) is 24.8 Å². The van der Waals surface area contributed by atoms with Crippen LogP contribution in [0.2, 0.25) is 5.02 Å². The molecular weight excluding hydrogens is 434 g/mol. The van der Waals surface area contributed by atoms with Gasteiger partial charge in [0.1, 0.15) is 5.75 Å². The predicted molar refractivity (Wildman–Crippen MR) is 124 cm³/mol. The lowest BCUT2D eigenvalue weighted by Crippen LogP contribution is -2.18. The van der Waals surface area contributed by atoms with Gasteiger partial charge >= 0.3 is 0 Å². The number of aromatic nitrogens is 2. The first-order valence-corrected chi connectivity index (χ1v) is 11.5. The Bertz CT molecular complexity index is 1040. The lowest BCUT2D eigenvalue weighted by molar-refractivity contribution is -0.113. The molecule has 1 aliphatic heterocycles. The van der Waals surface area contributed by atoms with E-state index in [4.69, 9.17) is 21.1 Å². The van der Waals surface area contributed by atoms with E-state index < -0.39 is 0 Å². The van der Waals surface area contributed by atoms with Crippen molar-refractivity contribution in [1.29, 1.82) is 0 Å². The molecule has 1 aliphatic rings. The van der Waals surface area contributed by atoms with Gasteiger partial charge in [-0.15, -0.1) is 0 Å². The van der Waals surface area contributed by atoms with Crippen molar-refractivity contribution in [2.24, 2.45) is 0 Å². The average Bonchev–Trinajstić information content (AvgIpc) is 3.43. The van der Waals surface area contributed by atoms with E-state index in [1.807, 2.05) is 24.4 Å². The SMILES string of the molecule is COc1ccc(Cl)cc1NC(=O)CSc1ncc(-c2ccccc2)n1C[C@H]1CCCO1. The molecule has 3 aromatic rings. The fourth-order valence-electron chi connectivity index (χ4n) is 3.58. The number of thioether (sulfide) groups is 1. The van der Waals surface area contributed by atoms with Crippen molar-refractivity contribution in [3.05, 3.63) is 59.8 Å². The van der Waals surface area contributed by atoms with Gasteiger partial charge in [-0.2, -0.15) is 0 Å². The van der Waals surface area contributed by atoms with Gasteiger partial charge in [0.15, 0.2) is 5.16 Å². The highest BCUT2D eigenvalue weighted by Gasteiger charge is 2.21. The summed E-state index contributed by atoms with van der Waals surface area (Å²) < 4.78 is 13.3. The maximum Gasteiger partial charge on any atom is 0.234 e. The second-order valence-corrected chi connectivity index (χ2v) is 8.60. The van der Waals surface area contributed by atoms with Gasteiger partial charge in [0.2, 0.25) is 5.91 Å². The summed E-state index contributed by atoms with van der Waals surface area (Å²) in [4.78, 5) is 17.2. The Morgan fingerprint density at radius 1 is 1.32 bits per heavy atom. The Kier molecular flexibility index (Phi) is 7.17. The van der Waals surface area contributed by atoms with E-state index >= 15 is 0 Å². The topological polar surface area (TPSA) is 65.4 Å². The number of imidazole rings is 1. The molecule has 162 valence electrons. The van der Waals surface area contributed by atoms with Crippen LogP contribution in [0, 0.1) is 0 Å². The van der Waals surface area contributed by atoms with Crippen molar-refractivity contribution >= 4 is 35.0 Å². The second kappa shape index (κ2) is 10.2. The number of nitrogens with zero attached hydrogens (tertiary/aromatic N) is 2. The maximum absolute atomic E-state index is 12.6. The molecule has 0 unspecified atom stereocenters. The lowest BCUT2D eigenvalue weighted by Gasteiger charge is -2.16. The smallest absolute Gasteiger partial charge is 0.234 e. The summed E-state index contributed by atoms with van der Waals surface area (Å²) in [6, 6.07) is 15.3. The minimum atomic E-state index is -0.154. The van der Waals surface area contributed by atoms with Crippen LogP contribution in [0.5, 0.6) is 5.75 Å². The molecule has 1 fully saturated rings. The van der Waals surface area contributed by atoms with Gasteiger partial charge in [-0.05, 0) is 36.6 Å². The number of rotatable bonds is 8. The molecule has 2 aromatic carbocycles. The molecule has 2 heterocycles. The molecular formula is C23H24ClN3O3S. The Labute approximate surface area is 190 Å². The third kappa shape index (κ3) is 5.42. The molecule has 1 saturated heterocycles. The van der Waals surface area contributed by atoms with E-state index in [-0.39, 0.29) is 17.8 Å². The molecule has 8 heteroatoms. The van der Waals surface area contributed by atoms with Gasteiger partial charge in [0.05, 0.1) is 43.1 Å². The molecule has 1 aromatic heterocycles. The molecule has 0 aliphatic carbocycles. The van der Waals surface area contributed by atoms with Gasteiger partial charge in [-0.1, -0.05) is 53.7 Å². The van der Waals surface area contributed by atoms with Crippen molar-refractivity contribution in [1.82, 2.24) is 9.55 Å². The fourth-order valence-corrected chi connectivity index (χ4v) is 4.54. The third-order valence-electron chi connectivity index (χ3n) is 5.07. The fraction of sp³-hybridized carbons (Fsp3) is 0.304. The van der Waals surface area contributed by atoms with E-state index in [2.05, 4.69) is 27.0 Å². The monoisotopic (exact) mass is 457 g/mol. The highest BCUT2D eigenvalue weighted by atomic mass is 35.5. The van der Waals surface area contributed by atoms with Crippen LogP contribution in [0.4, 0.5) is 5.69 Å². The standard InChI is InChI=1S/C23H24ClN3O3S/c1-29-21-10-9-17(24)12-19(21)26-22(28)15-31-23-25-13-20(16-6-3-2-4-7-16)27(23)14-18-8-5-11-30-18/h2-4,6-7,9-10,12-13,18H,5,8,11,14-15H2,1H3,(H,26,28)/t18-/m1/s1. The summed E-state index contributed by atoms with van der Waals surface area (Å²) >= 11 is 7.46. The molecule has 31 heavy (non-hydrogen) atoms. The minimum absolute atomic E-state index is 0.154. The van der Waals surface area contributed by atoms with E-state index in [0.29, 0.717) is 16.5 Å². The van der Waals surface area contributed by atoms with Crippen LogP contribution in [0.15, 0.2) is 59.9 Å². The quantitative estimate of drug-likeness (QED) is 0.475. The molecule has 1 atom stereocenters. The highest BCUT2D eigenvalue weighted by molar-refractivity contribution is 7.99. The number of carbonyl (C=O) groups excluding carboxylic acids is 1. The highest BCUT2D eigenvalue weighted by Crippen LogP contribution is 2.30. The zero-order valence-electron chi connectivity index (χ0n) is 17.2. The van der Waals surface area contributed by atoms with E-state index in [9.17, 15) is 4.79 Å². The summed E-state index contributed by atoms with van der Waals surface area (Å²) in [5.74, 6) is 0.624. The molecule has 0 saturated carbocycles. The van der Waals surface area contributed by atoms with Crippen molar-refractivity contribution in [3.63, 3.8) is 0 Å². The van der Waals surface area contributed by atoms with Crippen molar-refractivity contribution < 1.29 is 14.3 Å². The lowest BCUT2D eigenvalue weighted by atomic mass is 10.1. The number of hydrogen-bond donors (Lipinski definition) is 1. The number of halogens is 1. The zero-order valence-corrected chi connectivity index (χ0v) is 18.8. The second-order valence-electron chi connectivity index (χ2n) is 7.22. The van der Waals surface area contributed by atoms with Crippen molar-refractivity contribution in [2.45, 2.75) is 30.6 Å². The third-order valence-corrected chi connectivity index (χ3v) is 6.29. The molecule has 0 radical (unpaired) electrons. The number of amides is 1. The van der Waals surface area contributed by atoms with Crippen LogP contribution in [0.25, 0.3) is 11.3 Å². The number of anilines is 1. The number of carbonyl (C=O) groups is 1. The Balaban J connectivity index is 1.49. The average molecular weight is 458 g/mol. The van der Waals surface area contributed by atoms with Gasteiger partial charge in [0, 0.05) is 11.6 Å². The number of hydrogen-bond acceptors (Lipinski definition) is 5. The van der Waals surface area contributed by atoms with Crippen LogP contribution in [0.1, 0.15) is 12.8 Å². The van der Waals surface area contributed by atoms with E-state index in [1.165, 1.54) is 11.8 Å². The molecule has 1 N–H and O–H groups in total. The largest absolute Gasteiger partial charge is 0.495 e. The summed E-state index contributed by atoms with van der Waals surface area (Å²) in [5, 5.41) is 4.20. The van der Waals surface area contributed by atoms with E-state index in [0.717, 1.165) is 42.4 Å². The van der Waals surface area contributed by atoms with Crippen LogP contribution in [-0.2, 0) is 16.1 Å². The number of ether oxygens (including phenoxy) is 2. The van der Waals surface area contributed by atoms with Gasteiger partial charge in [-0.3, -0.25) is 4.79 Å². The number of methoxy groups -OCH3 is 1. The first-order chi connectivity index (χ1) is 15.1. The Morgan fingerprint density at radius 2 is 2.16 bits per heavy atom. The van der Waals surface area contributed by atoms with Crippen molar-refractivity contribution in [3.8, 4) is 17.0 Å².